The van der Waals surface area contributed by atoms with Crippen LogP contribution in [0.1, 0.15) is 24.8 Å². The number of carbonyl (C=O) groups is 2. The number of anilines is 1. The number of benzene rings is 1. The second-order valence-corrected chi connectivity index (χ2v) is 6.17. The molecule has 0 aliphatic heterocycles. The van der Waals surface area contributed by atoms with E-state index in [0.717, 1.165) is 19.3 Å². The van der Waals surface area contributed by atoms with Gasteiger partial charge in [0.25, 0.3) is 0 Å². The highest BCUT2D eigenvalue weighted by Crippen LogP contribution is 2.52. The van der Waals surface area contributed by atoms with Gasteiger partial charge in [-0.25, -0.2) is 4.39 Å². The molecule has 2 saturated carbocycles. The molecule has 1 aromatic carbocycles. The molecule has 0 heterocycles. The van der Waals surface area contributed by atoms with Gasteiger partial charge in [-0.05, 0) is 61.8 Å². The van der Waals surface area contributed by atoms with E-state index in [0.29, 0.717) is 11.3 Å². The largest absolute Gasteiger partial charge is 0.481 e. The van der Waals surface area contributed by atoms with Crippen LogP contribution in [-0.2, 0) is 9.59 Å². The highest BCUT2D eigenvalue weighted by molar-refractivity contribution is 5.96. The van der Waals surface area contributed by atoms with Gasteiger partial charge in [0.05, 0.1) is 11.8 Å². The van der Waals surface area contributed by atoms with E-state index in [1.165, 1.54) is 18.2 Å². The Hall–Kier alpha value is -1.91. The Balaban J connectivity index is 1.80. The minimum absolute atomic E-state index is 0.123. The fourth-order valence-corrected chi connectivity index (χ4v) is 4.01. The number of rotatable bonds is 3. The van der Waals surface area contributed by atoms with Crippen LogP contribution in [-0.4, -0.2) is 17.0 Å². The Morgan fingerprint density at radius 3 is 2.52 bits per heavy atom. The van der Waals surface area contributed by atoms with Crippen molar-refractivity contribution in [1.82, 2.24) is 0 Å². The summed E-state index contributed by atoms with van der Waals surface area (Å²) in [6.45, 7) is 1.72. The normalized spacial score (nSPS) is 30.4. The molecule has 0 radical (unpaired) electrons. The first-order valence-corrected chi connectivity index (χ1v) is 7.27. The Labute approximate surface area is 122 Å². The molecule has 112 valence electrons. The first-order chi connectivity index (χ1) is 9.97. The molecule has 2 N–H and O–H groups in total. The number of fused-ring (bicyclic) bond motifs is 2. The van der Waals surface area contributed by atoms with E-state index >= 15 is 0 Å². The summed E-state index contributed by atoms with van der Waals surface area (Å²) < 4.78 is 13.1. The number of amides is 1. The zero-order valence-corrected chi connectivity index (χ0v) is 11.8. The number of hydrogen-bond donors (Lipinski definition) is 2. The molecule has 2 fully saturated rings. The number of aliphatic carboxylic acids is 1. The van der Waals surface area contributed by atoms with Crippen molar-refractivity contribution in [2.45, 2.75) is 26.2 Å². The molecule has 1 amide bonds. The molecule has 1 aromatic rings. The number of halogens is 1. The van der Waals surface area contributed by atoms with Gasteiger partial charge < -0.3 is 10.4 Å². The van der Waals surface area contributed by atoms with E-state index in [1.807, 2.05) is 0 Å². The Bertz CT molecular complexity index is 601. The maximum Gasteiger partial charge on any atom is 0.307 e. The molecule has 21 heavy (non-hydrogen) atoms. The second kappa shape index (κ2) is 5.13. The van der Waals surface area contributed by atoms with Crippen LogP contribution in [0.4, 0.5) is 10.1 Å². The van der Waals surface area contributed by atoms with E-state index < -0.39 is 17.8 Å². The summed E-state index contributed by atoms with van der Waals surface area (Å²) in [5, 5.41) is 12.2. The molecule has 5 heteroatoms. The standard InChI is InChI=1S/C16H18FNO3/c1-8-6-11(17)4-5-12(8)18-15(19)13-9-2-3-10(7-9)14(13)16(20)21/h4-6,9-10,13-14H,2-3,7H2,1H3,(H,18,19)(H,20,21)/t9-,10-,13-,14-/m0/s1. The SMILES string of the molecule is Cc1cc(F)ccc1NC(=O)[C@H]1[C@H]2CC[C@@H](C2)[C@@H]1C(=O)O. The zero-order valence-electron chi connectivity index (χ0n) is 11.8. The molecule has 0 saturated heterocycles. The molecule has 0 aromatic heterocycles. The summed E-state index contributed by atoms with van der Waals surface area (Å²) in [5.41, 5.74) is 1.19. The number of aryl methyl sites for hydroxylation is 1. The van der Waals surface area contributed by atoms with Crippen molar-refractivity contribution in [3.8, 4) is 0 Å². The Morgan fingerprint density at radius 2 is 1.90 bits per heavy atom. The maximum atomic E-state index is 13.1. The molecule has 2 aliphatic rings. The molecule has 0 spiro atoms. The third-order valence-corrected chi connectivity index (χ3v) is 4.95. The van der Waals surface area contributed by atoms with Gasteiger partial charge in [0, 0.05) is 5.69 Å². The molecule has 3 rings (SSSR count). The van der Waals surface area contributed by atoms with E-state index in [2.05, 4.69) is 5.32 Å². The molecule has 4 atom stereocenters. The molecule has 0 unspecified atom stereocenters. The number of carboxylic acid groups (broad SMARTS) is 1. The summed E-state index contributed by atoms with van der Waals surface area (Å²) >= 11 is 0. The lowest BCUT2D eigenvalue weighted by atomic mass is 9.78. The van der Waals surface area contributed by atoms with Crippen LogP contribution in [0.5, 0.6) is 0 Å². The highest BCUT2D eigenvalue weighted by Gasteiger charge is 2.53. The van der Waals surface area contributed by atoms with E-state index in [4.69, 9.17) is 0 Å². The summed E-state index contributed by atoms with van der Waals surface area (Å²) in [5.74, 6) is -2.24. The maximum absolute atomic E-state index is 13.1. The fraction of sp³-hybridized carbons (Fsp3) is 0.500. The van der Waals surface area contributed by atoms with Gasteiger partial charge in [0.15, 0.2) is 0 Å². The molecule has 4 nitrogen and oxygen atoms in total. The van der Waals surface area contributed by atoms with Crippen molar-refractivity contribution in [1.29, 1.82) is 0 Å². The van der Waals surface area contributed by atoms with Gasteiger partial charge in [-0.2, -0.15) is 0 Å². The minimum Gasteiger partial charge on any atom is -0.481 e. The van der Waals surface area contributed by atoms with Crippen LogP contribution in [0.2, 0.25) is 0 Å². The smallest absolute Gasteiger partial charge is 0.307 e. The van der Waals surface area contributed by atoms with Gasteiger partial charge >= 0.3 is 5.97 Å². The van der Waals surface area contributed by atoms with Crippen molar-refractivity contribution in [2.24, 2.45) is 23.7 Å². The predicted octanol–water partition coefficient (Wildman–Crippen LogP) is 2.82. The molecular weight excluding hydrogens is 273 g/mol. The number of carboxylic acids is 1. The Kier molecular flexibility index (Phi) is 3.43. The van der Waals surface area contributed by atoms with E-state index in [9.17, 15) is 19.1 Å². The minimum atomic E-state index is -0.877. The quantitative estimate of drug-likeness (QED) is 0.900. The summed E-state index contributed by atoms with van der Waals surface area (Å²) in [6.07, 6.45) is 2.66. The van der Waals surface area contributed by atoms with Gasteiger partial charge in [0.2, 0.25) is 5.91 Å². The van der Waals surface area contributed by atoms with Gasteiger partial charge in [-0.1, -0.05) is 0 Å². The van der Waals surface area contributed by atoms with Gasteiger partial charge in [0.1, 0.15) is 5.82 Å². The van der Waals surface area contributed by atoms with Crippen LogP contribution in [0.25, 0.3) is 0 Å². The van der Waals surface area contributed by atoms with Gasteiger partial charge in [-0.15, -0.1) is 0 Å². The van der Waals surface area contributed by atoms with Crippen LogP contribution < -0.4 is 5.32 Å². The topological polar surface area (TPSA) is 66.4 Å². The van der Waals surface area contributed by atoms with Crippen LogP contribution in [0, 0.1) is 36.4 Å². The van der Waals surface area contributed by atoms with Crippen molar-refractivity contribution in [3.05, 3.63) is 29.6 Å². The zero-order chi connectivity index (χ0) is 15.1. The fourth-order valence-electron chi connectivity index (χ4n) is 4.01. The van der Waals surface area contributed by atoms with Gasteiger partial charge in [-0.3, -0.25) is 9.59 Å². The number of nitrogens with one attached hydrogen (secondary N) is 1. The van der Waals surface area contributed by atoms with Crippen LogP contribution in [0.15, 0.2) is 18.2 Å². The summed E-state index contributed by atoms with van der Waals surface area (Å²) in [6, 6.07) is 4.16. The highest BCUT2D eigenvalue weighted by atomic mass is 19.1. The average molecular weight is 291 g/mol. The van der Waals surface area contributed by atoms with Crippen molar-refractivity contribution in [2.75, 3.05) is 5.32 Å². The van der Waals surface area contributed by atoms with Crippen LogP contribution >= 0.6 is 0 Å². The van der Waals surface area contributed by atoms with E-state index in [1.54, 1.807) is 6.92 Å². The molecular formula is C16H18FNO3. The first-order valence-electron chi connectivity index (χ1n) is 7.27. The first kappa shape index (κ1) is 14.0. The number of hydrogen-bond acceptors (Lipinski definition) is 2. The Morgan fingerprint density at radius 1 is 1.24 bits per heavy atom. The molecule has 2 aliphatic carbocycles. The third-order valence-electron chi connectivity index (χ3n) is 4.95. The lowest BCUT2D eigenvalue weighted by Crippen LogP contribution is -2.38. The van der Waals surface area contributed by atoms with Crippen molar-refractivity contribution >= 4 is 17.6 Å². The lowest BCUT2D eigenvalue weighted by Gasteiger charge is -2.27. The summed E-state index contributed by atoms with van der Waals surface area (Å²) in [4.78, 5) is 23.9. The summed E-state index contributed by atoms with van der Waals surface area (Å²) in [7, 11) is 0. The third kappa shape index (κ3) is 2.41. The predicted molar refractivity (Wildman–Crippen MR) is 75.2 cm³/mol. The average Bonchev–Trinajstić information content (AvgIpc) is 3.02. The van der Waals surface area contributed by atoms with Crippen molar-refractivity contribution < 1.29 is 19.1 Å². The monoisotopic (exact) mass is 291 g/mol. The van der Waals surface area contributed by atoms with Crippen LogP contribution in [0.3, 0.4) is 0 Å². The lowest BCUT2D eigenvalue weighted by molar-refractivity contribution is -0.148. The van der Waals surface area contributed by atoms with E-state index in [-0.39, 0.29) is 23.6 Å². The molecule has 2 bridgehead atoms. The number of carbonyl (C=O) groups excluding carboxylic acids is 1. The van der Waals surface area contributed by atoms with Crippen molar-refractivity contribution in [3.63, 3.8) is 0 Å². The second-order valence-electron chi connectivity index (χ2n) is 6.17.